The van der Waals surface area contributed by atoms with Gasteiger partial charge in [0.15, 0.2) is 5.82 Å². The highest BCUT2D eigenvalue weighted by Gasteiger charge is 2.17. The Morgan fingerprint density at radius 3 is 2.59 bits per heavy atom. The monoisotopic (exact) mass is 303 g/mol. The molecule has 1 aromatic carbocycles. The quantitative estimate of drug-likeness (QED) is 0.609. The van der Waals surface area contributed by atoms with Crippen LogP contribution >= 0.6 is 0 Å². The van der Waals surface area contributed by atoms with Gasteiger partial charge in [0.05, 0.1) is 5.39 Å². The van der Waals surface area contributed by atoms with Gasteiger partial charge in [-0.15, -0.1) is 0 Å². The fourth-order valence-corrected chi connectivity index (χ4v) is 2.35. The third-order valence-electron chi connectivity index (χ3n) is 3.29. The summed E-state index contributed by atoms with van der Waals surface area (Å²) < 4.78 is 14.9. The number of aromatic nitrogens is 3. The van der Waals surface area contributed by atoms with Crippen LogP contribution in [0.2, 0.25) is 0 Å². The second-order valence-corrected chi connectivity index (χ2v) is 4.73. The highest BCUT2D eigenvalue weighted by molar-refractivity contribution is 5.77. The standard InChI is InChI=1S/C14H10FN3O4/c1-6-5-7-10(16-14(22)17-12(7)20)13(21)18(6)11-8(15)3-2-4-9(11)19/h2-5,19H,1H3,(H2,16,17,20,22). The summed E-state index contributed by atoms with van der Waals surface area (Å²) in [5, 5.41) is 9.82. The lowest BCUT2D eigenvalue weighted by Crippen LogP contribution is -2.30. The zero-order valence-electron chi connectivity index (χ0n) is 11.3. The van der Waals surface area contributed by atoms with Crippen LogP contribution in [0.15, 0.2) is 38.6 Å². The zero-order valence-corrected chi connectivity index (χ0v) is 11.3. The number of para-hydroxylation sites is 1. The van der Waals surface area contributed by atoms with Crippen molar-refractivity contribution in [2.24, 2.45) is 0 Å². The van der Waals surface area contributed by atoms with Crippen molar-refractivity contribution in [1.29, 1.82) is 0 Å². The molecular formula is C14H10FN3O4. The van der Waals surface area contributed by atoms with Gasteiger partial charge >= 0.3 is 5.69 Å². The number of hydrogen-bond acceptors (Lipinski definition) is 4. The predicted molar refractivity (Wildman–Crippen MR) is 77.1 cm³/mol. The number of fused-ring (bicyclic) bond motifs is 1. The van der Waals surface area contributed by atoms with E-state index in [1.165, 1.54) is 25.1 Å². The van der Waals surface area contributed by atoms with E-state index in [1.807, 2.05) is 4.98 Å². The first kappa shape index (κ1) is 13.8. The number of aromatic hydroxyl groups is 1. The van der Waals surface area contributed by atoms with Crippen molar-refractivity contribution in [1.82, 2.24) is 14.5 Å². The van der Waals surface area contributed by atoms with Crippen molar-refractivity contribution in [2.75, 3.05) is 0 Å². The van der Waals surface area contributed by atoms with Crippen LogP contribution in [0.4, 0.5) is 4.39 Å². The van der Waals surface area contributed by atoms with Crippen LogP contribution in [0.25, 0.3) is 16.6 Å². The molecule has 3 aromatic rings. The number of H-pyrrole nitrogens is 2. The molecule has 0 spiro atoms. The molecular weight excluding hydrogens is 293 g/mol. The number of nitrogens with zero attached hydrogens (tertiary/aromatic N) is 1. The summed E-state index contributed by atoms with van der Waals surface area (Å²) in [6.07, 6.45) is 0. The van der Waals surface area contributed by atoms with Crippen LogP contribution in [-0.2, 0) is 0 Å². The fourth-order valence-electron chi connectivity index (χ4n) is 2.35. The van der Waals surface area contributed by atoms with Crippen molar-refractivity contribution >= 4 is 10.9 Å². The summed E-state index contributed by atoms with van der Waals surface area (Å²) >= 11 is 0. The average molecular weight is 303 g/mol. The first-order valence-electron chi connectivity index (χ1n) is 6.27. The number of phenols is 1. The molecule has 0 amide bonds. The topological polar surface area (TPSA) is 108 Å². The van der Waals surface area contributed by atoms with E-state index >= 15 is 0 Å². The normalized spacial score (nSPS) is 11.0. The third kappa shape index (κ3) is 1.93. The van der Waals surface area contributed by atoms with Crippen LogP contribution < -0.4 is 16.8 Å². The van der Waals surface area contributed by atoms with Gasteiger partial charge in [0.1, 0.15) is 17.0 Å². The molecule has 0 bridgehead atoms. The average Bonchev–Trinajstić information content (AvgIpc) is 2.43. The number of pyridine rings is 1. The Labute approximate surface area is 121 Å². The molecule has 0 radical (unpaired) electrons. The molecule has 3 rings (SSSR count). The lowest BCUT2D eigenvalue weighted by molar-refractivity contribution is 0.463. The van der Waals surface area contributed by atoms with Crippen LogP contribution in [0.5, 0.6) is 5.75 Å². The molecule has 7 nitrogen and oxygen atoms in total. The number of halogens is 1. The maximum absolute atomic E-state index is 14.0. The Balaban J connectivity index is 2.55. The molecule has 2 heterocycles. The van der Waals surface area contributed by atoms with E-state index in [0.717, 1.165) is 10.6 Å². The van der Waals surface area contributed by atoms with Crippen LogP contribution in [0.3, 0.4) is 0 Å². The summed E-state index contributed by atoms with van der Waals surface area (Å²) in [6.45, 7) is 1.48. The number of benzene rings is 1. The molecule has 0 aliphatic heterocycles. The molecule has 0 atom stereocenters. The number of phenolic OH excluding ortho intramolecular Hbond substituents is 1. The highest BCUT2D eigenvalue weighted by atomic mass is 19.1. The minimum absolute atomic E-state index is 0.0193. The molecule has 2 aromatic heterocycles. The molecule has 0 saturated carbocycles. The van der Waals surface area contributed by atoms with Gasteiger partial charge in [0, 0.05) is 5.69 Å². The molecule has 3 N–H and O–H groups in total. The SMILES string of the molecule is Cc1cc2c(=O)[nH]c(=O)[nH]c2c(=O)n1-c1c(O)cccc1F. The predicted octanol–water partition coefficient (Wildman–Crippen LogP) is 0.520. The van der Waals surface area contributed by atoms with Gasteiger partial charge in [-0.3, -0.25) is 19.1 Å². The largest absolute Gasteiger partial charge is 0.506 e. The molecule has 0 fully saturated rings. The van der Waals surface area contributed by atoms with Gasteiger partial charge in [0.25, 0.3) is 11.1 Å². The summed E-state index contributed by atoms with van der Waals surface area (Å²) in [5.74, 6) is -1.24. The minimum Gasteiger partial charge on any atom is -0.506 e. The summed E-state index contributed by atoms with van der Waals surface area (Å²) in [7, 11) is 0. The minimum atomic E-state index is -0.845. The Morgan fingerprint density at radius 1 is 1.18 bits per heavy atom. The van der Waals surface area contributed by atoms with E-state index < -0.39 is 28.4 Å². The van der Waals surface area contributed by atoms with Crippen LogP contribution in [-0.4, -0.2) is 19.6 Å². The second kappa shape index (κ2) is 4.69. The van der Waals surface area contributed by atoms with Crippen molar-refractivity contribution in [3.8, 4) is 11.4 Å². The molecule has 0 aliphatic carbocycles. The maximum atomic E-state index is 14.0. The van der Waals surface area contributed by atoms with E-state index in [9.17, 15) is 23.9 Å². The Bertz CT molecular complexity index is 1060. The first-order valence-corrected chi connectivity index (χ1v) is 6.27. The molecule has 0 unspecified atom stereocenters. The fraction of sp³-hybridized carbons (Fsp3) is 0.0714. The van der Waals surface area contributed by atoms with E-state index in [0.29, 0.717) is 0 Å². The van der Waals surface area contributed by atoms with E-state index in [1.54, 1.807) is 0 Å². The Morgan fingerprint density at radius 2 is 1.91 bits per heavy atom. The lowest BCUT2D eigenvalue weighted by Gasteiger charge is -2.13. The Hall–Kier alpha value is -3.16. The first-order chi connectivity index (χ1) is 10.4. The maximum Gasteiger partial charge on any atom is 0.326 e. The number of aryl methyl sites for hydroxylation is 1. The summed E-state index contributed by atoms with van der Waals surface area (Å²) in [4.78, 5) is 39.8. The van der Waals surface area contributed by atoms with Crippen molar-refractivity contribution in [2.45, 2.75) is 6.92 Å². The van der Waals surface area contributed by atoms with Gasteiger partial charge in [0.2, 0.25) is 0 Å². The Kier molecular flexibility index (Phi) is 2.94. The van der Waals surface area contributed by atoms with E-state index in [2.05, 4.69) is 4.98 Å². The van der Waals surface area contributed by atoms with Gasteiger partial charge < -0.3 is 10.1 Å². The van der Waals surface area contributed by atoms with Crippen molar-refractivity contribution in [3.63, 3.8) is 0 Å². The molecule has 112 valence electrons. The number of rotatable bonds is 1. The van der Waals surface area contributed by atoms with Gasteiger partial charge in [-0.05, 0) is 25.1 Å². The summed E-state index contributed by atoms with van der Waals surface area (Å²) in [6, 6.07) is 4.94. The van der Waals surface area contributed by atoms with Crippen molar-refractivity contribution in [3.05, 3.63) is 67.0 Å². The van der Waals surface area contributed by atoms with Gasteiger partial charge in [-0.25, -0.2) is 9.18 Å². The van der Waals surface area contributed by atoms with E-state index in [-0.39, 0.29) is 22.3 Å². The molecule has 8 heteroatoms. The highest BCUT2D eigenvalue weighted by Crippen LogP contribution is 2.24. The lowest BCUT2D eigenvalue weighted by atomic mass is 10.2. The zero-order chi connectivity index (χ0) is 16.0. The molecule has 0 aliphatic rings. The smallest absolute Gasteiger partial charge is 0.326 e. The van der Waals surface area contributed by atoms with Gasteiger partial charge in [-0.1, -0.05) is 6.07 Å². The summed E-state index contributed by atoms with van der Waals surface area (Å²) in [5.41, 5.74) is -2.74. The number of hydrogen-bond donors (Lipinski definition) is 3. The van der Waals surface area contributed by atoms with Gasteiger partial charge in [-0.2, -0.15) is 0 Å². The van der Waals surface area contributed by atoms with Crippen LogP contribution in [0, 0.1) is 12.7 Å². The third-order valence-corrected chi connectivity index (χ3v) is 3.29. The molecule has 22 heavy (non-hydrogen) atoms. The van der Waals surface area contributed by atoms with Crippen molar-refractivity contribution < 1.29 is 9.50 Å². The van der Waals surface area contributed by atoms with E-state index in [4.69, 9.17) is 0 Å². The molecule has 0 saturated heterocycles. The number of aromatic amines is 2. The number of nitrogens with one attached hydrogen (secondary N) is 2. The van der Waals surface area contributed by atoms with Crippen LogP contribution in [0.1, 0.15) is 5.69 Å². The second-order valence-electron chi connectivity index (χ2n) is 4.73.